The fraction of sp³-hybridized carbons (Fsp3) is 0.355. The monoisotopic (exact) mass is 915 g/mol. The van der Waals surface area contributed by atoms with E-state index < -0.39 is 0 Å². The van der Waals surface area contributed by atoms with Crippen LogP contribution in [0.15, 0.2) is 139 Å². The molecule has 0 radical (unpaired) electrons. The third-order valence-corrected chi connectivity index (χ3v) is 11.3. The van der Waals surface area contributed by atoms with Gasteiger partial charge in [-0.3, -0.25) is 0 Å². The molecule has 5 heteroatoms. The van der Waals surface area contributed by atoms with Crippen molar-refractivity contribution >= 4 is 43.7 Å². The smallest absolute Gasteiger partial charge is 0.0947 e. The van der Waals surface area contributed by atoms with Crippen molar-refractivity contribution in [3.05, 3.63) is 178 Å². The van der Waals surface area contributed by atoms with E-state index in [9.17, 15) is 0 Å². The highest BCUT2D eigenvalue weighted by atomic mass is 31.0. The molecule has 2 N–H and O–H groups in total. The summed E-state index contributed by atoms with van der Waals surface area (Å²) >= 11 is 0. The van der Waals surface area contributed by atoms with Crippen molar-refractivity contribution in [1.29, 1.82) is 0 Å². The molecule has 4 nitrogen and oxygen atoms in total. The Kier molecular flexibility index (Phi) is 22.2. The van der Waals surface area contributed by atoms with Crippen LogP contribution in [-0.2, 0) is 10.6 Å². The van der Waals surface area contributed by atoms with E-state index in [1.165, 1.54) is 28.7 Å². The van der Waals surface area contributed by atoms with E-state index in [1.54, 1.807) is 0 Å². The first-order chi connectivity index (χ1) is 32.4. The Balaban J connectivity index is 0.000000841. The molecule has 4 aromatic carbocycles. The van der Waals surface area contributed by atoms with Crippen LogP contribution in [0, 0.1) is 0 Å². The summed E-state index contributed by atoms with van der Waals surface area (Å²) in [6.07, 6.45) is 14.5. The second-order valence-electron chi connectivity index (χ2n) is 17.1. The third kappa shape index (κ3) is 13.8. The lowest BCUT2D eigenvalue weighted by molar-refractivity contribution is 0.590. The number of nitrogens with one attached hydrogen (secondary N) is 2. The first kappa shape index (κ1) is 55.8. The highest BCUT2D eigenvalue weighted by Crippen LogP contribution is 2.40. The van der Waals surface area contributed by atoms with Crippen molar-refractivity contribution in [3.8, 4) is 22.5 Å². The van der Waals surface area contributed by atoms with Gasteiger partial charge in [0.15, 0.2) is 0 Å². The number of fused-ring (bicyclic) bond motifs is 6. The minimum atomic E-state index is -0.0385. The molecule has 0 saturated carbocycles. The lowest BCUT2D eigenvalue weighted by Gasteiger charge is -2.30. The summed E-state index contributed by atoms with van der Waals surface area (Å²) in [5.74, 6) is 0. The maximum atomic E-state index is 5.30. The fourth-order valence-electron chi connectivity index (χ4n) is 7.69. The standard InChI is InChI=1S/C49H45N4P.C3H8.5C2H6/c1-48(2,3)38-21-13-30(14-22-38)40-25-17-32-9-11-34-19-27-42(52-46(34)44(32)50-40)36-7-6-8-37(29-36)43-28-20-35-12-10-33-18-26-41(51-45(33)47(35)53-43)31-15-23-39(24-16-31)49(4,5)54;1-3-2;5*1-2/h6-29,41,46,51-52H,54H2,1-5H3;3H2,1-2H3;5*1-2H3. The topological polar surface area (TPSA) is 49.8 Å². The average molecular weight is 915 g/mol. The number of allylic oxidation sites excluding steroid dienone is 2. The summed E-state index contributed by atoms with van der Waals surface area (Å²) in [6.45, 7) is 35.4. The number of hydrogen-bond acceptors (Lipinski definition) is 4. The van der Waals surface area contributed by atoms with Gasteiger partial charge in [-0.1, -0.05) is 245 Å². The van der Waals surface area contributed by atoms with Crippen LogP contribution in [0.3, 0.4) is 0 Å². The fourth-order valence-corrected chi connectivity index (χ4v) is 7.88. The van der Waals surface area contributed by atoms with E-state index in [0.717, 1.165) is 67.2 Å². The van der Waals surface area contributed by atoms with Gasteiger partial charge in [-0.2, -0.15) is 0 Å². The molecule has 6 aromatic rings. The molecule has 0 bridgehead atoms. The van der Waals surface area contributed by atoms with E-state index in [2.05, 4.69) is 214 Å². The van der Waals surface area contributed by atoms with Gasteiger partial charge in [-0.25, -0.2) is 9.97 Å². The van der Waals surface area contributed by atoms with E-state index in [1.807, 2.05) is 69.2 Å². The lowest BCUT2D eigenvalue weighted by Crippen LogP contribution is -2.27. The van der Waals surface area contributed by atoms with Gasteiger partial charge in [0.2, 0.25) is 0 Å². The van der Waals surface area contributed by atoms with E-state index in [-0.39, 0.29) is 22.7 Å². The number of anilines is 1. The van der Waals surface area contributed by atoms with E-state index in [4.69, 9.17) is 9.97 Å². The van der Waals surface area contributed by atoms with Crippen molar-refractivity contribution in [2.75, 3.05) is 5.32 Å². The van der Waals surface area contributed by atoms with E-state index in [0.29, 0.717) is 0 Å². The summed E-state index contributed by atoms with van der Waals surface area (Å²) in [4.78, 5) is 10.6. The number of aromatic nitrogens is 2. The average Bonchev–Trinajstić information content (AvgIpc) is 3.38. The van der Waals surface area contributed by atoms with Crippen LogP contribution < -0.4 is 10.6 Å². The van der Waals surface area contributed by atoms with Crippen molar-refractivity contribution in [2.45, 2.75) is 147 Å². The quantitative estimate of drug-likeness (QED) is 0.169. The van der Waals surface area contributed by atoms with Crippen LogP contribution in [0.2, 0.25) is 0 Å². The van der Waals surface area contributed by atoms with Gasteiger partial charge in [-0.15, -0.1) is 9.24 Å². The lowest BCUT2D eigenvalue weighted by atomic mass is 9.86. The maximum Gasteiger partial charge on any atom is 0.0947 e. The molecule has 4 heterocycles. The second kappa shape index (κ2) is 26.7. The van der Waals surface area contributed by atoms with Crippen molar-refractivity contribution in [1.82, 2.24) is 15.3 Å². The molecule has 2 aromatic heterocycles. The molecular weight excluding hydrogens is 832 g/mol. The number of pyridine rings is 2. The summed E-state index contributed by atoms with van der Waals surface area (Å²) in [5, 5.41) is 8.83. The Morgan fingerprint density at radius 1 is 0.552 bits per heavy atom. The van der Waals surface area contributed by atoms with Gasteiger partial charge >= 0.3 is 0 Å². The number of hydrogen-bond donors (Lipinski definition) is 2. The first-order valence-corrected chi connectivity index (χ1v) is 25.8. The SMILES string of the molecule is CC.CC.CC.CC.CC.CC(C)(C)c1ccc(-c2ccc3c(n2)C2NC(c4cccc(-c5ccc6ccc7c(c6n5)NC(c5ccc(C(C)(C)P)cc5)C=C7)c4)=CC=C2C=C3)cc1.CCC. The van der Waals surface area contributed by atoms with Gasteiger partial charge in [0.05, 0.1) is 40.4 Å². The Morgan fingerprint density at radius 2 is 1.12 bits per heavy atom. The summed E-state index contributed by atoms with van der Waals surface area (Å²) in [6, 6.07) is 39.5. The zero-order valence-corrected chi connectivity index (χ0v) is 45.3. The maximum absolute atomic E-state index is 5.30. The molecule has 0 fully saturated rings. The number of nitrogens with zero attached hydrogens (tertiary/aromatic N) is 2. The Morgan fingerprint density at radius 3 is 1.75 bits per heavy atom. The number of rotatable bonds is 5. The largest absolute Gasteiger partial charge is 0.372 e. The number of dihydropyridines is 1. The van der Waals surface area contributed by atoms with Gasteiger partial charge in [0.25, 0.3) is 0 Å². The van der Waals surface area contributed by atoms with Gasteiger partial charge in [0, 0.05) is 27.4 Å². The second-order valence-corrected chi connectivity index (χ2v) is 18.5. The predicted octanol–water partition coefficient (Wildman–Crippen LogP) is 18.7. The molecule has 0 amide bonds. The third-order valence-electron chi connectivity index (χ3n) is 11.0. The molecule has 3 atom stereocenters. The van der Waals surface area contributed by atoms with Crippen LogP contribution in [0.4, 0.5) is 5.69 Å². The molecule has 356 valence electrons. The first-order valence-electron chi connectivity index (χ1n) is 25.3. The number of benzene rings is 4. The summed E-state index contributed by atoms with van der Waals surface area (Å²) in [7, 11) is 2.94. The van der Waals surface area contributed by atoms with Gasteiger partial charge in [0.1, 0.15) is 0 Å². The Labute approximate surface area is 409 Å². The van der Waals surface area contributed by atoms with Crippen LogP contribution in [0.1, 0.15) is 175 Å². The van der Waals surface area contributed by atoms with Crippen molar-refractivity contribution < 1.29 is 0 Å². The van der Waals surface area contributed by atoms with Crippen molar-refractivity contribution in [3.63, 3.8) is 0 Å². The van der Waals surface area contributed by atoms with Crippen LogP contribution in [-0.4, -0.2) is 9.97 Å². The molecule has 3 aliphatic rings. The highest BCUT2D eigenvalue weighted by Gasteiger charge is 2.27. The molecule has 0 saturated heterocycles. The summed E-state index contributed by atoms with van der Waals surface area (Å²) in [5.41, 5.74) is 16.9. The molecular formula is C62H83N4P. The van der Waals surface area contributed by atoms with Gasteiger partial charge in [-0.05, 0) is 68.6 Å². The van der Waals surface area contributed by atoms with E-state index >= 15 is 0 Å². The molecule has 9 rings (SSSR count). The predicted molar refractivity (Wildman–Crippen MR) is 304 cm³/mol. The van der Waals surface area contributed by atoms with Crippen LogP contribution >= 0.6 is 9.24 Å². The molecule has 1 aliphatic carbocycles. The zero-order chi connectivity index (χ0) is 49.9. The molecule has 67 heavy (non-hydrogen) atoms. The van der Waals surface area contributed by atoms with Gasteiger partial charge < -0.3 is 10.6 Å². The molecule has 3 unspecified atom stereocenters. The van der Waals surface area contributed by atoms with Crippen LogP contribution in [0.5, 0.6) is 0 Å². The van der Waals surface area contributed by atoms with Crippen LogP contribution in [0.25, 0.3) is 51.3 Å². The Hall–Kier alpha value is -5.57. The molecule has 2 aliphatic heterocycles. The minimum absolute atomic E-state index is 0.0385. The zero-order valence-electron chi connectivity index (χ0n) is 44.2. The van der Waals surface area contributed by atoms with Crippen molar-refractivity contribution in [2.24, 2.45) is 0 Å². The normalized spacial score (nSPS) is 14.8. The highest BCUT2D eigenvalue weighted by molar-refractivity contribution is 7.18. The molecule has 0 spiro atoms. The summed E-state index contributed by atoms with van der Waals surface area (Å²) < 4.78 is 0. The minimum Gasteiger partial charge on any atom is -0.372 e. The Bertz CT molecular complexity index is 2580.